The lowest BCUT2D eigenvalue weighted by molar-refractivity contribution is -0.167. The number of ether oxygens (including phenoxy) is 1. The second kappa shape index (κ2) is 5.07. The Hall–Kier alpha value is 0.270. The third-order valence-electron chi connectivity index (χ3n) is 2.91. The van der Waals surface area contributed by atoms with Gasteiger partial charge in [-0.25, -0.2) is 0 Å². The second-order valence-electron chi connectivity index (χ2n) is 5.69. The third-order valence-corrected chi connectivity index (χ3v) is 3.86. The van der Waals surface area contributed by atoms with Crippen LogP contribution in [0.25, 0.3) is 0 Å². The number of hydrogen-bond donors (Lipinski definition) is 0. The summed E-state index contributed by atoms with van der Waals surface area (Å²) in [6.07, 6.45) is 2.43. The molecule has 1 saturated heterocycles. The van der Waals surface area contributed by atoms with Crippen LogP contribution in [-0.2, 0) is 4.74 Å². The molecule has 1 fully saturated rings. The maximum absolute atomic E-state index is 6.00. The molecule has 0 bridgehead atoms. The summed E-state index contributed by atoms with van der Waals surface area (Å²) in [6.45, 7) is 13.4. The van der Waals surface area contributed by atoms with Gasteiger partial charge in [0.15, 0.2) is 0 Å². The maximum atomic E-state index is 6.00. The van der Waals surface area contributed by atoms with Crippen LogP contribution in [0, 0.1) is 11.3 Å². The van der Waals surface area contributed by atoms with E-state index in [-0.39, 0.29) is 11.6 Å². The van der Waals surface area contributed by atoms with Crippen molar-refractivity contribution >= 4 is 11.8 Å². The molecule has 0 aromatic carbocycles. The van der Waals surface area contributed by atoms with Gasteiger partial charge in [0, 0.05) is 12.0 Å². The summed E-state index contributed by atoms with van der Waals surface area (Å²) < 4.78 is 6.00. The first-order valence-corrected chi connectivity index (χ1v) is 7.05. The Morgan fingerprint density at radius 3 is 2.47 bits per heavy atom. The average molecular weight is 231 g/mol. The van der Waals surface area contributed by atoms with Gasteiger partial charge in [-0.1, -0.05) is 27.7 Å². The monoisotopic (exact) mass is 231 g/mol. The number of hydrogen-bond acceptors (Lipinski definition) is 3. The minimum atomic E-state index is 0.199. The van der Waals surface area contributed by atoms with Crippen LogP contribution in [0.2, 0.25) is 0 Å². The van der Waals surface area contributed by atoms with Gasteiger partial charge in [0.2, 0.25) is 0 Å². The van der Waals surface area contributed by atoms with Crippen molar-refractivity contribution in [2.45, 2.75) is 46.2 Å². The van der Waals surface area contributed by atoms with Gasteiger partial charge in [0.1, 0.15) is 6.23 Å². The van der Waals surface area contributed by atoms with Crippen LogP contribution in [0.1, 0.15) is 34.6 Å². The van der Waals surface area contributed by atoms with Gasteiger partial charge in [-0.05, 0) is 19.1 Å². The Kier molecular flexibility index (Phi) is 4.50. The fourth-order valence-corrected chi connectivity index (χ4v) is 2.55. The molecule has 0 spiro atoms. The van der Waals surface area contributed by atoms with Crippen LogP contribution in [0.4, 0.5) is 0 Å². The van der Waals surface area contributed by atoms with E-state index in [0.29, 0.717) is 11.3 Å². The van der Waals surface area contributed by atoms with Crippen LogP contribution in [0.5, 0.6) is 0 Å². The number of thioether (sulfide) groups is 1. The van der Waals surface area contributed by atoms with Gasteiger partial charge in [0.25, 0.3) is 0 Å². The maximum Gasteiger partial charge on any atom is 0.116 e. The summed E-state index contributed by atoms with van der Waals surface area (Å²) in [5.74, 6) is 0.651. The van der Waals surface area contributed by atoms with Crippen LogP contribution >= 0.6 is 11.8 Å². The van der Waals surface area contributed by atoms with E-state index in [1.54, 1.807) is 0 Å². The second-order valence-corrected chi connectivity index (χ2v) is 6.84. The van der Waals surface area contributed by atoms with Crippen molar-refractivity contribution in [1.29, 1.82) is 0 Å². The zero-order chi connectivity index (χ0) is 11.6. The normalized spacial score (nSPS) is 31.6. The van der Waals surface area contributed by atoms with E-state index in [9.17, 15) is 0 Å². The molecule has 2 nitrogen and oxygen atoms in total. The Morgan fingerprint density at radius 2 is 2.00 bits per heavy atom. The first-order chi connectivity index (χ1) is 6.86. The summed E-state index contributed by atoms with van der Waals surface area (Å²) in [5.41, 5.74) is 0.199. The standard InChI is InChI=1S/C12H25NOS/c1-9-7-13(10(2)15-6)11(14-8-9)12(3,4)5/h9-11H,7-8H2,1-6H3. The van der Waals surface area contributed by atoms with Crippen LogP contribution in [-0.4, -0.2) is 35.9 Å². The highest BCUT2D eigenvalue weighted by molar-refractivity contribution is 7.99. The highest BCUT2D eigenvalue weighted by Gasteiger charge is 2.37. The molecule has 15 heavy (non-hydrogen) atoms. The third kappa shape index (κ3) is 3.36. The quantitative estimate of drug-likeness (QED) is 0.725. The molecule has 3 atom stereocenters. The topological polar surface area (TPSA) is 12.5 Å². The molecule has 3 unspecified atom stereocenters. The first-order valence-electron chi connectivity index (χ1n) is 5.76. The molecule has 0 radical (unpaired) electrons. The molecule has 1 heterocycles. The highest BCUT2D eigenvalue weighted by atomic mass is 32.2. The molecule has 0 amide bonds. The van der Waals surface area contributed by atoms with E-state index in [1.165, 1.54) is 0 Å². The van der Waals surface area contributed by atoms with Crippen LogP contribution < -0.4 is 0 Å². The van der Waals surface area contributed by atoms with E-state index in [4.69, 9.17) is 4.74 Å². The summed E-state index contributed by atoms with van der Waals surface area (Å²) in [7, 11) is 0. The van der Waals surface area contributed by atoms with Crippen LogP contribution in [0.15, 0.2) is 0 Å². The number of rotatable bonds is 2. The van der Waals surface area contributed by atoms with Crippen molar-refractivity contribution in [3.63, 3.8) is 0 Å². The minimum Gasteiger partial charge on any atom is -0.362 e. The van der Waals surface area contributed by atoms with Crippen molar-refractivity contribution in [3.8, 4) is 0 Å². The molecule has 1 aliphatic rings. The van der Waals surface area contributed by atoms with Crippen molar-refractivity contribution < 1.29 is 4.74 Å². The number of nitrogens with zero attached hydrogens (tertiary/aromatic N) is 1. The molecular formula is C12H25NOS. The van der Waals surface area contributed by atoms with Crippen molar-refractivity contribution in [3.05, 3.63) is 0 Å². The van der Waals surface area contributed by atoms with E-state index in [1.807, 2.05) is 11.8 Å². The summed E-state index contributed by atoms with van der Waals surface area (Å²) >= 11 is 1.90. The molecule has 3 heteroatoms. The van der Waals surface area contributed by atoms with E-state index in [2.05, 4.69) is 45.8 Å². The van der Waals surface area contributed by atoms with Crippen LogP contribution in [0.3, 0.4) is 0 Å². The zero-order valence-electron chi connectivity index (χ0n) is 10.9. The van der Waals surface area contributed by atoms with E-state index < -0.39 is 0 Å². The summed E-state index contributed by atoms with van der Waals surface area (Å²) in [6, 6.07) is 0. The molecule has 90 valence electrons. The Bertz CT molecular complexity index is 202. The summed E-state index contributed by atoms with van der Waals surface area (Å²) in [5, 5.41) is 0.539. The predicted molar refractivity (Wildman–Crippen MR) is 68.0 cm³/mol. The van der Waals surface area contributed by atoms with Gasteiger partial charge >= 0.3 is 0 Å². The molecule has 1 aliphatic heterocycles. The van der Waals surface area contributed by atoms with E-state index >= 15 is 0 Å². The van der Waals surface area contributed by atoms with Gasteiger partial charge in [-0.15, -0.1) is 11.8 Å². The lowest BCUT2D eigenvalue weighted by Gasteiger charge is -2.47. The lowest BCUT2D eigenvalue weighted by atomic mass is 9.91. The molecule has 0 aliphatic carbocycles. The first kappa shape index (κ1) is 13.3. The molecule has 0 aromatic rings. The zero-order valence-corrected chi connectivity index (χ0v) is 11.7. The fourth-order valence-electron chi connectivity index (χ4n) is 2.08. The van der Waals surface area contributed by atoms with Crippen molar-refractivity contribution in [2.24, 2.45) is 11.3 Å². The van der Waals surface area contributed by atoms with Crippen molar-refractivity contribution in [2.75, 3.05) is 19.4 Å². The highest BCUT2D eigenvalue weighted by Crippen LogP contribution is 2.32. The van der Waals surface area contributed by atoms with Gasteiger partial charge in [-0.2, -0.15) is 0 Å². The average Bonchev–Trinajstić information content (AvgIpc) is 2.14. The van der Waals surface area contributed by atoms with Gasteiger partial charge in [-0.3, -0.25) is 4.90 Å². The Balaban J connectivity index is 2.75. The minimum absolute atomic E-state index is 0.199. The largest absolute Gasteiger partial charge is 0.362 e. The van der Waals surface area contributed by atoms with Gasteiger partial charge in [0.05, 0.1) is 12.0 Å². The fraction of sp³-hybridized carbons (Fsp3) is 1.00. The summed E-state index contributed by atoms with van der Waals surface area (Å²) in [4.78, 5) is 2.50. The van der Waals surface area contributed by atoms with E-state index in [0.717, 1.165) is 13.2 Å². The lowest BCUT2D eigenvalue weighted by Crippen LogP contribution is -2.54. The predicted octanol–water partition coefficient (Wildman–Crippen LogP) is 3.04. The smallest absolute Gasteiger partial charge is 0.116 e. The molecule has 1 rings (SSSR count). The van der Waals surface area contributed by atoms with Crippen molar-refractivity contribution in [1.82, 2.24) is 4.90 Å². The Labute approximate surface area is 98.7 Å². The SMILES string of the molecule is CSC(C)N1CC(C)COC1C(C)(C)C. The molecule has 0 aromatic heterocycles. The molecule has 0 N–H and O–H groups in total. The van der Waals surface area contributed by atoms with Gasteiger partial charge < -0.3 is 4.74 Å². The molecular weight excluding hydrogens is 206 g/mol. The molecule has 0 saturated carbocycles. The Morgan fingerprint density at radius 1 is 1.40 bits per heavy atom.